The molecule has 2 amide bonds. The van der Waals surface area contributed by atoms with Crippen LogP contribution in [0.25, 0.3) is 10.9 Å². The molecule has 1 aromatic carbocycles. The molecule has 1 N–H and O–H groups in total. The average Bonchev–Trinajstić information content (AvgIpc) is 3.02. The second-order valence-electron chi connectivity index (χ2n) is 6.16. The second kappa shape index (κ2) is 6.65. The summed E-state index contributed by atoms with van der Waals surface area (Å²) < 4.78 is 0. The number of likely N-dealkylation sites (tertiary alicyclic amines) is 1. The molecule has 2 heterocycles. The molecule has 0 radical (unpaired) electrons. The Morgan fingerprint density at radius 3 is 2.54 bits per heavy atom. The highest BCUT2D eigenvalue weighted by Gasteiger charge is 2.27. The van der Waals surface area contributed by atoms with Crippen LogP contribution in [0, 0.1) is 0 Å². The van der Waals surface area contributed by atoms with Gasteiger partial charge in [0.1, 0.15) is 5.69 Å². The number of benzene rings is 1. The number of piperidine rings is 1. The summed E-state index contributed by atoms with van der Waals surface area (Å²) in [7, 11) is 1.81. The van der Waals surface area contributed by atoms with Crippen LogP contribution >= 0.6 is 23.2 Å². The molecule has 7 heteroatoms. The molecule has 5 nitrogen and oxygen atoms in total. The maximum Gasteiger partial charge on any atom is 0.270 e. The zero-order valence-corrected chi connectivity index (χ0v) is 15.1. The van der Waals surface area contributed by atoms with Crippen LogP contribution in [-0.2, 0) is 4.79 Å². The van der Waals surface area contributed by atoms with Crippen LogP contribution in [0.4, 0.5) is 0 Å². The number of aromatic amines is 1. The van der Waals surface area contributed by atoms with Gasteiger partial charge in [-0.2, -0.15) is 0 Å². The van der Waals surface area contributed by atoms with Crippen LogP contribution in [-0.4, -0.2) is 52.8 Å². The lowest BCUT2D eigenvalue weighted by Crippen LogP contribution is -2.46. The molecule has 1 saturated heterocycles. The Morgan fingerprint density at radius 2 is 1.92 bits per heavy atom. The highest BCUT2D eigenvalue weighted by Crippen LogP contribution is 2.31. The first-order valence-electron chi connectivity index (χ1n) is 7.88. The molecule has 1 aliphatic heterocycles. The van der Waals surface area contributed by atoms with Gasteiger partial charge < -0.3 is 14.8 Å². The van der Waals surface area contributed by atoms with Gasteiger partial charge in [0.2, 0.25) is 5.91 Å². The van der Waals surface area contributed by atoms with Crippen molar-refractivity contribution in [1.29, 1.82) is 0 Å². The maximum absolute atomic E-state index is 12.7. The van der Waals surface area contributed by atoms with Gasteiger partial charge in [0.15, 0.2) is 0 Å². The molecule has 0 saturated carbocycles. The van der Waals surface area contributed by atoms with Gasteiger partial charge in [-0.25, -0.2) is 0 Å². The lowest BCUT2D eigenvalue weighted by molar-refractivity contribution is -0.130. The molecular formula is C17H19Cl2N3O2. The van der Waals surface area contributed by atoms with Crippen molar-refractivity contribution in [2.75, 3.05) is 20.1 Å². The molecule has 2 aromatic rings. The molecular weight excluding hydrogens is 349 g/mol. The topological polar surface area (TPSA) is 56.4 Å². The Hall–Kier alpha value is -1.72. The van der Waals surface area contributed by atoms with Crippen molar-refractivity contribution in [3.05, 3.63) is 33.9 Å². The van der Waals surface area contributed by atoms with E-state index in [0.717, 1.165) is 23.7 Å². The molecule has 1 fully saturated rings. The Balaban J connectivity index is 1.74. The van der Waals surface area contributed by atoms with Gasteiger partial charge in [0, 0.05) is 44.0 Å². The smallest absolute Gasteiger partial charge is 0.270 e. The maximum atomic E-state index is 12.7. The van der Waals surface area contributed by atoms with Crippen LogP contribution in [0.5, 0.6) is 0 Å². The number of carbonyl (C=O) groups excluding carboxylic acids is 2. The van der Waals surface area contributed by atoms with Crippen LogP contribution in [0.2, 0.25) is 10.0 Å². The van der Waals surface area contributed by atoms with Crippen molar-refractivity contribution in [2.24, 2.45) is 0 Å². The van der Waals surface area contributed by atoms with Gasteiger partial charge in [-0.15, -0.1) is 0 Å². The van der Waals surface area contributed by atoms with Gasteiger partial charge >= 0.3 is 0 Å². The highest BCUT2D eigenvalue weighted by molar-refractivity contribution is 6.45. The van der Waals surface area contributed by atoms with Gasteiger partial charge in [0.25, 0.3) is 5.91 Å². The predicted octanol–water partition coefficient (Wildman–Crippen LogP) is 3.56. The van der Waals surface area contributed by atoms with Crippen molar-refractivity contribution in [1.82, 2.24) is 14.8 Å². The second-order valence-corrected chi connectivity index (χ2v) is 6.94. The Kier molecular flexibility index (Phi) is 4.74. The Bertz CT molecular complexity index is 794. The van der Waals surface area contributed by atoms with Crippen molar-refractivity contribution < 1.29 is 9.59 Å². The number of hydrogen-bond donors (Lipinski definition) is 1. The van der Waals surface area contributed by atoms with E-state index in [0.29, 0.717) is 28.8 Å². The molecule has 1 aliphatic rings. The number of halogens is 2. The summed E-state index contributed by atoms with van der Waals surface area (Å²) in [6.07, 6.45) is 1.57. The van der Waals surface area contributed by atoms with E-state index < -0.39 is 0 Å². The van der Waals surface area contributed by atoms with E-state index in [9.17, 15) is 9.59 Å². The number of hydrogen-bond acceptors (Lipinski definition) is 2. The number of amides is 2. The van der Waals surface area contributed by atoms with E-state index in [-0.39, 0.29) is 17.9 Å². The fourth-order valence-electron chi connectivity index (χ4n) is 3.14. The molecule has 24 heavy (non-hydrogen) atoms. The predicted molar refractivity (Wildman–Crippen MR) is 95.7 cm³/mol. The number of aromatic nitrogens is 1. The van der Waals surface area contributed by atoms with E-state index >= 15 is 0 Å². The van der Waals surface area contributed by atoms with Gasteiger partial charge in [-0.05, 0) is 31.0 Å². The molecule has 0 aliphatic carbocycles. The fourth-order valence-corrected chi connectivity index (χ4v) is 3.52. The summed E-state index contributed by atoms with van der Waals surface area (Å²) in [6, 6.07) is 5.47. The van der Waals surface area contributed by atoms with Crippen LogP contribution < -0.4 is 0 Å². The lowest BCUT2D eigenvalue weighted by Gasteiger charge is -2.36. The summed E-state index contributed by atoms with van der Waals surface area (Å²) in [6.45, 7) is 2.83. The summed E-state index contributed by atoms with van der Waals surface area (Å²) in [4.78, 5) is 30.9. The minimum absolute atomic E-state index is 0.0534. The molecule has 0 unspecified atom stereocenters. The molecule has 1 aromatic heterocycles. The average molecular weight is 368 g/mol. The highest BCUT2D eigenvalue weighted by atomic mass is 35.5. The summed E-state index contributed by atoms with van der Waals surface area (Å²) in [5.74, 6) is 0.00392. The first-order valence-corrected chi connectivity index (χ1v) is 8.63. The Labute approximate surface area is 150 Å². The minimum Gasteiger partial charge on any atom is -0.350 e. The van der Waals surface area contributed by atoms with Crippen molar-refractivity contribution in [2.45, 2.75) is 25.8 Å². The molecule has 128 valence electrons. The van der Waals surface area contributed by atoms with E-state index in [1.54, 1.807) is 24.0 Å². The van der Waals surface area contributed by atoms with Crippen molar-refractivity contribution >= 4 is 45.9 Å². The first-order chi connectivity index (χ1) is 11.4. The third-order valence-corrected chi connectivity index (χ3v) is 5.54. The number of H-pyrrole nitrogens is 1. The quantitative estimate of drug-likeness (QED) is 0.881. The zero-order chi connectivity index (χ0) is 17.4. The largest absolute Gasteiger partial charge is 0.350 e. The van der Waals surface area contributed by atoms with Crippen LogP contribution in [0.1, 0.15) is 30.3 Å². The van der Waals surface area contributed by atoms with Crippen LogP contribution in [0.3, 0.4) is 0 Å². The number of nitrogens with one attached hydrogen (secondary N) is 1. The summed E-state index contributed by atoms with van der Waals surface area (Å²) in [5, 5.41) is 1.67. The number of nitrogens with zero attached hydrogens (tertiary/aromatic N) is 2. The molecule has 0 bridgehead atoms. The summed E-state index contributed by atoms with van der Waals surface area (Å²) in [5.41, 5.74) is 1.30. The Morgan fingerprint density at radius 1 is 1.25 bits per heavy atom. The number of carbonyl (C=O) groups is 2. The monoisotopic (exact) mass is 367 g/mol. The van der Waals surface area contributed by atoms with Crippen LogP contribution in [0.15, 0.2) is 18.2 Å². The van der Waals surface area contributed by atoms with Crippen molar-refractivity contribution in [3.8, 4) is 0 Å². The first kappa shape index (κ1) is 17.1. The normalized spacial score (nSPS) is 15.8. The van der Waals surface area contributed by atoms with E-state index in [2.05, 4.69) is 4.98 Å². The SMILES string of the molecule is CC(=O)N(C)C1CCN(C(=O)c2cc3c(Cl)c(Cl)ccc3[nH]2)CC1. The molecule has 0 spiro atoms. The van der Waals surface area contributed by atoms with E-state index in [1.165, 1.54) is 0 Å². The fraction of sp³-hybridized carbons (Fsp3) is 0.412. The molecule has 0 atom stereocenters. The molecule has 3 rings (SSSR count). The van der Waals surface area contributed by atoms with E-state index in [1.807, 2.05) is 18.0 Å². The number of rotatable bonds is 2. The van der Waals surface area contributed by atoms with E-state index in [4.69, 9.17) is 23.2 Å². The zero-order valence-electron chi connectivity index (χ0n) is 13.6. The van der Waals surface area contributed by atoms with Crippen molar-refractivity contribution in [3.63, 3.8) is 0 Å². The summed E-state index contributed by atoms with van der Waals surface area (Å²) >= 11 is 12.2. The minimum atomic E-state index is -0.0534. The number of fused-ring (bicyclic) bond motifs is 1. The van der Waals surface area contributed by atoms with Gasteiger partial charge in [-0.1, -0.05) is 23.2 Å². The standard InChI is InChI=1S/C17H19Cl2N3O2/c1-10(23)21(2)11-5-7-22(8-6-11)17(24)15-9-12-14(20-15)4-3-13(18)16(12)19/h3-4,9,11,20H,5-8H2,1-2H3. The third-order valence-electron chi connectivity index (χ3n) is 4.72. The lowest BCUT2D eigenvalue weighted by atomic mass is 10.0. The van der Waals surface area contributed by atoms with Gasteiger partial charge in [-0.3, -0.25) is 9.59 Å². The third kappa shape index (κ3) is 3.10. The van der Waals surface area contributed by atoms with Gasteiger partial charge in [0.05, 0.1) is 10.0 Å².